The van der Waals surface area contributed by atoms with Crippen LogP contribution in [0.2, 0.25) is 0 Å². The molecule has 1 saturated carbocycles. The van der Waals surface area contributed by atoms with Gasteiger partial charge in [-0.2, -0.15) is 0 Å². The number of likely N-dealkylation sites (tertiary alicyclic amines) is 1. The van der Waals surface area contributed by atoms with Crippen LogP contribution in [0.25, 0.3) is 0 Å². The Morgan fingerprint density at radius 1 is 1.12 bits per heavy atom. The van der Waals surface area contributed by atoms with Gasteiger partial charge in [0.1, 0.15) is 0 Å². The summed E-state index contributed by atoms with van der Waals surface area (Å²) in [5, 5.41) is 3.60. The fraction of sp³-hybridized carbons (Fsp3) is 1.00. The second-order valence-corrected chi connectivity index (χ2v) is 5.67. The molecule has 3 fully saturated rings. The quantitative estimate of drug-likeness (QED) is 0.760. The Bertz CT molecular complexity index is 224. The number of rotatable bonds is 5. The van der Waals surface area contributed by atoms with Gasteiger partial charge in [0.15, 0.2) is 0 Å². The van der Waals surface area contributed by atoms with Gasteiger partial charge in [0.05, 0.1) is 6.10 Å². The Labute approximate surface area is 98.5 Å². The molecule has 3 aliphatic rings. The van der Waals surface area contributed by atoms with E-state index in [-0.39, 0.29) is 0 Å². The van der Waals surface area contributed by atoms with Gasteiger partial charge in [-0.1, -0.05) is 0 Å². The van der Waals surface area contributed by atoms with E-state index in [1.54, 1.807) is 0 Å². The Morgan fingerprint density at radius 2 is 2.06 bits per heavy atom. The van der Waals surface area contributed by atoms with Gasteiger partial charge in [-0.05, 0) is 51.1 Å². The van der Waals surface area contributed by atoms with Crippen LogP contribution in [0.3, 0.4) is 0 Å². The second kappa shape index (κ2) is 5.03. The number of hydrogen-bond acceptors (Lipinski definition) is 3. The Balaban J connectivity index is 1.30. The Kier molecular flexibility index (Phi) is 3.46. The van der Waals surface area contributed by atoms with Crippen LogP contribution in [-0.2, 0) is 4.74 Å². The molecule has 0 spiro atoms. The maximum Gasteiger partial charge on any atom is 0.0700 e. The zero-order valence-corrected chi connectivity index (χ0v) is 10.2. The summed E-state index contributed by atoms with van der Waals surface area (Å²) in [7, 11) is 0. The van der Waals surface area contributed by atoms with E-state index in [0.717, 1.165) is 25.1 Å². The average Bonchev–Trinajstić information content (AvgIpc) is 2.83. The highest BCUT2D eigenvalue weighted by Crippen LogP contribution is 2.31. The zero-order valence-electron chi connectivity index (χ0n) is 10.2. The molecule has 2 saturated heterocycles. The van der Waals surface area contributed by atoms with Gasteiger partial charge < -0.3 is 15.0 Å². The average molecular weight is 224 g/mol. The fourth-order valence-electron chi connectivity index (χ4n) is 3.05. The van der Waals surface area contributed by atoms with Crippen molar-refractivity contribution in [2.45, 2.75) is 44.2 Å². The van der Waals surface area contributed by atoms with Crippen molar-refractivity contribution in [1.29, 1.82) is 0 Å². The van der Waals surface area contributed by atoms with E-state index in [1.807, 2.05) is 0 Å². The van der Waals surface area contributed by atoms with Crippen molar-refractivity contribution in [2.75, 3.05) is 32.8 Å². The van der Waals surface area contributed by atoms with Crippen LogP contribution >= 0.6 is 0 Å². The van der Waals surface area contributed by atoms with Crippen molar-refractivity contribution in [1.82, 2.24) is 10.2 Å². The molecule has 2 atom stereocenters. The van der Waals surface area contributed by atoms with Crippen LogP contribution < -0.4 is 5.32 Å². The van der Waals surface area contributed by atoms with Gasteiger partial charge in [-0.15, -0.1) is 0 Å². The summed E-state index contributed by atoms with van der Waals surface area (Å²) in [6.07, 6.45) is 7.32. The molecule has 2 unspecified atom stereocenters. The van der Waals surface area contributed by atoms with Gasteiger partial charge in [0, 0.05) is 25.7 Å². The predicted molar refractivity (Wildman–Crippen MR) is 64.5 cm³/mol. The largest absolute Gasteiger partial charge is 0.377 e. The van der Waals surface area contributed by atoms with Crippen LogP contribution in [0.4, 0.5) is 0 Å². The molecule has 1 aliphatic carbocycles. The molecule has 16 heavy (non-hydrogen) atoms. The number of ether oxygens (including phenoxy) is 1. The van der Waals surface area contributed by atoms with Gasteiger partial charge in [0.25, 0.3) is 0 Å². The lowest BCUT2D eigenvalue weighted by molar-refractivity contribution is 0.109. The minimum Gasteiger partial charge on any atom is -0.377 e. The maximum absolute atomic E-state index is 5.61. The first-order valence-electron chi connectivity index (χ1n) is 6.98. The minimum absolute atomic E-state index is 0.501. The number of nitrogens with one attached hydrogen (secondary N) is 1. The van der Waals surface area contributed by atoms with E-state index in [9.17, 15) is 0 Å². The summed E-state index contributed by atoms with van der Waals surface area (Å²) in [5.41, 5.74) is 0. The van der Waals surface area contributed by atoms with Crippen molar-refractivity contribution in [3.63, 3.8) is 0 Å². The summed E-state index contributed by atoms with van der Waals surface area (Å²) < 4.78 is 5.61. The molecular formula is C13H24N2O. The van der Waals surface area contributed by atoms with Gasteiger partial charge >= 0.3 is 0 Å². The van der Waals surface area contributed by atoms with E-state index in [0.29, 0.717) is 6.10 Å². The van der Waals surface area contributed by atoms with Crippen LogP contribution in [0.1, 0.15) is 32.1 Å². The molecule has 0 aromatic carbocycles. The molecule has 3 nitrogen and oxygen atoms in total. The normalized spacial score (nSPS) is 36.0. The summed E-state index contributed by atoms with van der Waals surface area (Å²) in [6, 6.07) is 0.961. The van der Waals surface area contributed by atoms with Crippen LogP contribution in [0.15, 0.2) is 0 Å². The molecule has 2 aliphatic heterocycles. The topological polar surface area (TPSA) is 24.5 Å². The van der Waals surface area contributed by atoms with Crippen molar-refractivity contribution in [3.8, 4) is 0 Å². The molecule has 0 amide bonds. The number of nitrogens with zero attached hydrogens (tertiary/aromatic N) is 1. The molecule has 3 heteroatoms. The molecular weight excluding hydrogens is 200 g/mol. The lowest BCUT2D eigenvalue weighted by Crippen LogP contribution is -2.32. The third-order valence-electron chi connectivity index (χ3n) is 4.21. The third-order valence-corrected chi connectivity index (χ3v) is 4.21. The molecule has 92 valence electrons. The van der Waals surface area contributed by atoms with Crippen molar-refractivity contribution < 1.29 is 4.74 Å². The lowest BCUT2D eigenvalue weighted by Gasteiger charge is -2.16. The van der Waals surface area contributed by atoms with E-state index in [1.165, 1.54) is 51.7 Å². The second-order valence-electron chi connectivity index (χ2n) is 5.67. The fourth-order valence-corrected chi connectivity index (χ4v) is 3.05. The molecule has 0 bridgehead atoms. The van der Waals surface area contributed by atoms with Crippen LogP contribution in [-0.4, -0.2) is 49.8 Å². The smallest absolute Gasteiger partial charge is 0.0700 e. The highest BCUT2D eigenvalue weighted by Gasteiger charge is 2.34. The van der Waals surface area contributed by atoms with Crippen molar-refractivity contribution >= 4 is 0 Å². The Morgan fingerprint density at radius 3 is 2.81 bits per heavy atom. The predicted octanol–water partition coefficient (Wildman–Crippen LogP) is 1.24. The highest BCUT2D eigenvalue weighted by molar-refractivity contribution is 4.90. The summed E-state index contributed by atoms with van der Waals surface area (Å²) in [6.45, 7) is 5.92. The van der Waals surface area contributed by atoms with E-state index < -0.39 is 0 Å². The standard InChI is InChI=1S/C13H24N2O/c1-2-13(16-7-1)9-14-8-11-5-6-15(10-11)12-3-4-12/h11-14H,1-10H2. The first-order chi connectivity index (χ1) is 7.92. The molecule has 3 rings (SSSR count). The zero-order chi connectivity index (χ0) is 10.8. The lowest BCUT2D eigenvalue weighted by atomic mass is 10.1. The summed E-state index contributed by atoms with van der Waals surface area (Å²) in [4.78, 5) is 2.69. The number of hydrogen-bond donors (Lipinski definition) is 1. The molecule has 0 radical (unpaired) electrons. The van der Waals surface area contributed by atoms with E-state index in [4.69, 9.17) is 4.74 Å². The van der Waals surface area contributed by atoms with E-state index in [2.05, 4.69) is 10.2 Å². The SMILES string of the molecule is C1COC(CNCC2CCN(C3CC3)C2)C1. The molecule has 0 aromatic heterocycles. The Hall–Kier alpha value is -0.120. The van der Waals surface area contributed by atoms with Gasteiger partial charge in [0.2, 0.25) is 0 Å². The molecule has 0 aromatic rings. The summed E-state index contributed by atoms with van der Waals surface area (Å²) >= 11 is 0. The summed E-state index contributed by atoms with van der Waals surface area (Å²) in [5.74, 6) is 0.891. The first-order valence-corrected chi connectivity index (χ1v) is 6.98. The highest BCUT2D eigenvalue weighted by atomic mass is 16.5. The third kappa shape index (κ3) is 2.76. The van der Waals surface area contributed by atoms with Crippen LogP contribution in [0, 0.1) is 5.92 Å². The molecule has 1 N–H and O–H groups in total. The molecule has 2 heterocycles. The van der Waals surface area contributed by atoms with Crippen molar-refractivity contribution in [2.24, 2.45) is 5.92 Å². The first kappa shape index (κ1) is 11.0. The monoisotopic (exact) mass is 224 g/mol. The minimum atomic E-state index is 0.501. The van der Waals surface area contributed by atoms with Crippen molar-refractivity contribution in [3.05, 3.63) is 0 Å². The van der Waals surface area contributed by atoms with Gasteiger partial charge in [-0.25, -0.2) is 0 Å². The maximum atomic E-state index is 5.61. The van der Waals surface area contributed by atoms with Gasteiger partial charge in [-0.3, -0.25) is 0 Å². The van der Waals surface area contributed by atoms with E-state index >= 15 is 0 Å². The van der Waals surface area contributed by atoms with Crippen LogP contribution in [0.5, 0.6) is 0 Å².